The number of carboxylic acid groups (broad SMARTS) is 1. The number of carbonyl (C=O) groups excluding carboxylic acids is 2. The summed E-state index contributed by atoms with van der Waals surface area (Å²) in [6.45, 7) is 4.19. The van der Waals surface area contributed by atoms with Gasteiger partial charge in [-0.05, 0) is 37.1 Å². The number of carboxylic acids is 1. The fourth-order valence-electron chi connectivity index (χ4n) is 4.34. The molecule has 2 N–H and O–H groups in total. The molecule has 0 fully saturated rings. The fourth-order valence-corrected chi connectivity index (χ4v) is 5.19. The maximum absolute atomic E-state index is 13.4. The van der Waals surface area contributed by atoms with Crippen LogP contribution in [0.3, 0.4) is 0 Å². The van der Waals surface area contributed by atoms with Crippen LogP contribution in [0.1, 0.15) is 42.4 Å². The molecule has 0 aliphatic rings. The molecule has 4 aromatic rings. The van der Waals surface area contributed by atoms with E-state index in [1.807, 2.05) is 6.92 Å². The van der Waals surface area contributed by atoms with Crippen LogP contribution in [0.4, 0.5) is 23.8 Å². The van der Waals surface area contributed by atoms with Crippen molar-refractivity contribution in [2.75, 3.05) is 25.6 Å². The monoisotopic (exact) mass is 588 g/mol. The first kappa shape index (κ1) is 29.7. The topological polar surface area (TPSA) is 138 Å². The van der Waals surface area contributed by atoms with Gasteiger partial charge in [-0.15, -0.1) is 11.3 Å². The quantitative estimate of drug-likeness (QED) is 0.297. The lowest BCUT2D eigenvalue weighted by molar-refractivity contribution is -0.255. The van der Waals surface area contributed by atoms with Crippen molar-refractivity contribution < 1.29 is 32.6 Å². The molecule has 0 saturated carbocycles. The number of carbonyl (C=O) groups is 2. The van der Waals surface area contributed by atoms with E-state index in [1.54, 1.807) is 23.6 Å². The van der Waals surface area contributed by atoms with E-state index in [4.69, 9.17) is 4.74 Å². The molecule has 3 heterocycles. The number of urea groups is 1. The molecule has 2 amide bonds. The number of nitrogens with zero attached hydrogens (tertiary/aromatic N) is 3. The molecule has 0 aliphatic heterocycles. The standard InChI is InChI=1S/C27H26F3N5O5S/c1-4-15(12-40-3)35-11-19(25(37)38)23(36)17-8-14(6-7-20(17)35)18-10-32-22(34-26(39)31-5-2)9-16(18)24-33-21(13-41-24)27(28,29)30/h6-11,13,15H,4-5,12H2,1-3H3,(H,37,38)(H2,31,32,34,39)/p-1. The van der Waals surface area contributed by atoms with Crippen LogP contribution in [0.2, 0.25) is 0 Å². The number of methoxy groups -OCH3 is 1. The molecule has 3 aromatic heterocycles. The number of thiazole rings is 1. The zero-order valence-electron chi connectivity index (χ0n) is 22.2. The number of fused-ring (bicyclic) bond motifs is 1. The maximum Gasteiger partial charge on any atom is 0.434 e. The van der Waals surface area contributed by atoms with Gasteiger partial charge in [0, 0.05) is 47.9 Å². The van der Waals surface area contributed by atoms with Crippen molar-refractivity contribution in [2.24, 2.45) is 0 Å². The number of pyridine rings is 2. The minimum Gasteiger partial charge on any atom is -0.545 e. The van der Waals surface area contributed by atoms with E-state index in [0.717, 1.165) is 16.7 Å². The zero-order chi connectivity index (χ0) is 29.9. The number of hydrogen-bond acceptors (Lipinski definition) is 8. The minimum absolute atomic E-state index is 0.000751. The Bertz CT molecular complexity index is 1670. The molecule has 0 radical (unpaired) electrons. The first-order valence-electron chi connectivity index (χ1n) is 12.5. The van der Waals surface area contributed by atoms with E-state index in [9.17, 15) is 32.7 Å². The highest BCUT2D eigenvalue weighted by molar-refractivity contribution is 7.13. The van der Waals surface area contributed by atoms with Gasteiger partial charge in [-0.3, -0.25) is 10.1 Å². The second-order valence-electron chi connectivity index (χ2n) is 8.95. The van der Waals surface area contributed by atoms with Crippen molar-refractivity contribution in [3.8, 4) is 21.7 Å². The molecule has 14 heteroatoms. The largest absolute Gasteiger partial charge is 0.545 e. The third-order valence-electron chi connectivity index (χ3n) is 6.29. The van der Waals surface area contributed by atoms with Crippen molar-refractivity contribution >= 4 is 40.1 Å². The predicted octanol–water partition coefficient (Wildman–Crippen LogP) is 4.31. The highest BCUT2D eigenvalue weighted by atomic mass is 32.1. The van der Waals surface area contributed by atoms with E-state index < -0.39 is 34.9 Å². The fraction of sp³-hybridized carbons (Fsp3) is 0.296. The lowest BCUT2D eigenvalue weighted by Gasteiger charge is -2.22. The first-order valence-corrected chi connectivity index (χ1v) is 13.3. The summed E-state index contributed by atoms with van der Waals surface area (Å²) in [6.07, 6.45) is -1.53. The van der Waals surface area contributed by atoms with Gasteiger partial charge >= 0.3 is 12.2 Å². The molecule has 1 aromatic carbocycles. The Morgan fingerprint density at radius 2 is 1.95 bits per heavy atom. The molecule has 4 rings (SSSR count). The lowest BCUT2D eigenvalue weighted by atomic mass is 9.99. The van der Waals surface area contributed by atoms with Crippen molar-refractivity contribution in [1.29, 1.82) is 0 Å². The molecule has 0 spiro atoms. The SMILES string of the molecule is CCNC(=O)Nc1cc(-c2nc(C(F)(F)F)cs2)c(-c2ccc3c(c2)c(=O)c(C(=O)[O-])cn3C(CC)COC)cn1. The normalized spacial score (nSPS) is 12.3. The molecular formula is C27H25F3N5O5S-. The second-order valence-corrected chi connectivity index (χ2v) is 9.81. The summed E-state index contributed by atoms with van der Waals surface area (Å²) in [6, 6.07) is 5.26. The summed E-state index contributed by atoms with van der Waals surface area (Å²) < 4.78 is 47.0. The van der Waals surface area contributed by atoms with Crippen molar-refractivity contribution in [1.82, 2.24) is 19.9 Å². The van der Waals surface area contributed by atoms with Gasteiger partial charge < -0.3 is 24.5 Å². The molecule has 0 saturated heterocycles. The van der Waals surface area contributed by atoms with Crippen LogP contribution in [0, 0.1) is 0 Å². The van der Waals surface area contributed by atoms with E-state index in [1.165, 1.54) is 31.6 Å². The molecule has 10 nitrogen and oxygen atoms in total. The van der Waals surface area contributed by atoms with Crippen molar-refractivity contribution in [3.63, 3.8) is 0 Å². The Morgan fingerprint density at radius 1 is 1.20 bits per heavy atom. The third kappa shape index (κ3) is 6.23. The van der Waals surface area contributed by atoms with Gasteiger partial charge in [-0.2, -0.15) is 13.2 Å². The van der Waals surface area contributed by atoms with E-state index in [0.29, 0.717) is 29.6 Å². The smallest absolute Gasteiger partial charge is 0.434 e. The third-order valence-corrected chi connectivity index (χ3v) is 7.17. The minimum atomic E-state index is -4.67. The van der Waals surface area contributed by atoms with Crippen LogP contribution in [0.5, 0.6) is 0 Å². The van der Waals surface area contributed by atoms with Crippen LogP contribution in [-0.4, -0.2) is 46.8 Å². The Balaban J connectivity index is 1.95. The second kappa shape index (κ2) is 12.1. The average molecular weight is 589 g/mol. The number of ether oxygens (including phenoxy) is 1. The van der Waals surface area contributed by atoms with Gasteiger partial charge in [0.1, 0.15) is 10.8 Å². The van der Waals surface area contributed by atoms with Crippen molar-refractivity contribution in [3.05, 3.63) is 63.5 Å². The Labute approximate surface area is 235 Å². The summed E-state index contributed by atoms with van der Waals surface area (Å²) in [5.74, 6) is -1.58. The number of benzene rings is 1. The summed E-state index contributed by atoms with van der Waals surface area (Å²) in [5, 5.41) is 17.8. The van der Waals surface area contributed by atoms with Crippen molar-refractivity contribution in [2.45, 2.75) is 32.5 Å². The number of halogens is 3. The summed E-state index contributed by atoms with van der Waals surface area (Å²) in [7, 11) is 1.51. The van der Waals surface area contributed by atoms with Gasteiger partial charge in [-0.25, -0.2) is 14.8 Å². The Hall–Kier alpha value is -4.30. The first-order chi connectivity index (χ1) is 19.5. The molecule has 1 unspecified atom stereocenters. The number of rotatable bonds is 9. The van der Waals surface area contributed by atoms with E-state index >= 15 is 0 Å². The highest BCUT2D eigenvalue weighted by Gasteiger charge is 2.34. The Kier molecular flexibility index (Phi) is 8.73. The predicted molar refractivity (Wildman–Crippen MR) is 146 cm³/mol. The van der Waals surface area contributed by atoms with Gasteiger partial charge in [0.05, 0.1) is 29.7 Å². The molecule has 216 valence electrons. The summed E-state index contributed by atoms with van der Waals surface area (Å²) >= 11 is 0.751. The van der Waals surface area contributed by atoms with Crippen LogP contribution < -0.4 is 21.2 Å². The van der Waals surface area contributed by atoms with E-state index in [2.05, 4.69) is 20.6 Å². The van der Waals surface area contributed by atoms with Crippen LogP contribution >= 0.6 is 11.3 Å². The number of aromatic carboxylic acids is 1. The highest BCUT2D eigenvalue weighted by Crippen LogP contribution is 2.39. The number of alkyl halides is 3. The Morgan fingerprint density at radius 3 is 2.56 bits per heavy atom. The number of amides is 2. The maximum atomic E-state index is 13.4. The molecule has 41 heavy (non-hydrogen) atoms. The number of aromatic nitrogens is 3. The molecule has 1 atom stereocenters. The van der Waals surface area contributed by atoms with Gasteiger partial charge in [0.25, 0.3) is 0 Å². The molecule has 0 bridgehead atoms. The van der Waals surface area contributed by atoms with Crippen LogP contribution in [0.25, 0.3) is 32.6 Å². The summed E-state index contributed by atoms with van der Waals surface area (Å²) in [5.41, 5.74) is -1.07. The number of anilines is 1. The number of hydrogen-bond donors (Lipinski definition) is 2. The molecule has 0 aliphatic carbocycles. The van der Waals surface area contributed by atoms with Gasteiger partial charge in [0.15, 0.2) is 11.1 Å². The van der Waals surface area contributed by atoms with Gasteiger partial charge in [-0.1, -0.05) is 13.0 Å². The summed E-state index contributed by atoms with van der Waals surface area (Å²) in [4.78, 5) is 45.1. The van der Waals surface area contributed by atoms with Gasteiger partial charge in [0.2, 0.25) is 0 Å². The lowest BCUT2D eigenvalue weighted by Crippen LogP contribution is -2.31. The zero-order valence-corrected chi connectivity index (χ0v) is 23.0. The van der Waals surface area contributed by atoms with Crippen LogP contribution in [0.15, 0.2) is 46.8 Å². The van der Waals surface area contributed by atoms with E-state index in [-0.39, 0.29) is 34.4 Å². The van der Waals surface area contributed by atoms with Crippen LogP contribution in [-0.2, 0) is 10.9 Å². The average Bonchev–Trinajstić information content (AvgIpc) is 3.43. The molecular weight excluding hydrogens is 563 g/mol. The number of nitrogens with one attached hydrogen (secondary N) is 2.